The van der Waals surface area contributed by atoms with Gasteiger partial charge in [-0.2, -0.15) is 0 Å². The van der Waals surface area contributed by atoms with E-state index in [0.717, 1.165) is 5.56 Å². The van der Waals surface area contributed by atoms with Crippen LogP contribution in [0.5, 0.6) is 0 Å². The van der Waals surface area contributed by atoms with Crippen molar-refractivity contribution in [3.8, 4) is 0 Å². The summed E-state index contributed by atoms with van der Waals surface area (Å²) in [7, 11) is 1.36. The summed E-state index contributed by atoms with van der Waals surface area (Å²) in [6, 6.07) is 5.97. The monoisotopic (exact) mass is 223 g/mol. The van der Waals surface area contributed by atoms with Crippen molar-refractivity contribution >= 4 is 5.97 Å². The predicted octanol–water partition coefficient (Wildman–Crippen LogP) is 1.36. The molecule has 4 heteroatoms. The zero-order valence-corrected chi connectivity index (χ0v) is 9.07. The van der Waals surface area contributed by atoms with E-state index in [4.69, 9.17) is 10.5 Å². The Kier molecular flexibility index (Phi) is 2.68. The van der Waals surface area contributed by atoms with Crippen LogP contribution < -0.4 is 5.73 Å². The number of halogens is 1. The molecule has 1 aromatic rings. The second kappa shape index (κ2) is 3.87. The van der Waals surface area contributed by atoms with Gasteiger partial charge in [0.15, 0.2) is 0 Å². The van der Waals surface area contributed by atoms with Crippen molar-refractivity contribution in [2.24, 2.45) is 5.73 Å². The molecule has 0 spiro atoms. The molecule has 0 unspecified atom stereocenters. The lowest BCUT2D eigenvalue weighted by Crippen LogP contribution is -2.54. The molecule has 1 aromatic carbocycles. The number of nitrogens with two attached hydrogens (primary N) is 1. The summed E-state index contributed by atoms with van der Waals surface area (Å²) in [4.78, 5) is 11.8. The topological polar surface area (TPSA) is 52.3 Å². The highest BCUT2D eigenvalue weighted by molar-refractivity contribution is 5.84. The molecule has 1 aliphatic carbocycles. The van der Waals surface area contributed by atoms with Crippen LogP contribution in [-0.4, -0.2) is 19.1 Å². The van der Waals surface area contributed by atoms with Gasteiger partial charge in [0.2, 0.25) is 0 Å². The first kappa shape index (κ1) is 11.1. The van der Waals surface area contributed by atoms with E-state index in [-0.39, 0.29) is 17.8 Å². The number of benzene rings is 1. The van der Waals surface area contributed by atoms with Gasteiger partial charge in [-0.15, -0.1) is 0 Å². The van der Waals surface area contributed by atoms with Crippen LogP contribution in [0.25, 0.3) is 0 Å². The molecule has 0 heterocycles. The lowest BCUT2D eigenvalue weighted by atomic mass is 9.62. The summed E-state index contributed by atoms with van der Waals surface area (Å²) in [6.45, 7) is 0. The van der Waals surface area contributed by atoms with Crippen LogP contribution >= 0.6 is 0 Å². The van der Waals surface area contributed by atoms with E-state index in [1.54, 1.807) is 12.1 Å². The van der Waals surface area contributed by atoms with Crippen LogP contribution in [0.15, 0.2) is 24.3 Å². The minimum atomic E-state index is -0.665. The first-order valence-electron chi connectivity index (χ1n) is 5.18. The van der Waals surface area contributed by atoms with Crippen LogP contribution in [0, 0.1) is 5.82 Å². The Morgan fingerprint density at radius 3 is 2.44 bits per heavy atom. The standard InChI is InChI=1S/C12H14FNO2/c1-16-11(15)12(6-10(14)7-12)8-2-4-9(13)5-3-8/h2-5,10H,6-7,14H2,1H3. The van der Waals surface area contributed by atoms with Crippen LogP contribution in [0.1, 0.15) is 18.4 Å². The van der Waals surface area contributed by atoms with Gasteiger partial charge in [0.25, 0.3) is 0 Å². The molecular weight excluding hydrogens is 209 g/mol. The molecule has 0 saturated heterocycles. The maximum Gasteiger partial charge on any atom is 0.316 e. The summed E-state index contributed by atoms with van der Waals surface area (Å²) in [5.41, 5.74) is 5.85. The third-order valence-corrected chi connectivity index (χ3v) is 3.19. The predicted molar refractivity (Wildman–Crippen MR) is 57.3 cm³/mol. The van der Waals surface area contributed by atoms with Crippen LogP contribution in [0.3, 0.4) is 0 Å². The van der Waals surface area contributed by atoms with Crippen molar-refractivity contribution in [3.63, 3.8) is 0 Å². The lowest BCUT2D eigenvalue weighted by molar-refractivity contribution is -0.152. The summed E-state index contributed by atoms with van der Waals surface area (Å²) >= 11 is 0. The molecule has 0 aliphatic heterocycles. The summed E-state index contributed by atoms with van der Waals surface area (Å²) in [5, 5.41) is 0. The zero-order valence-electron chi connectivity index (χ0n) is 9.07. The molecule has 0 atom stereocenters. The van der Waals surface area contributed by atoms with E-state index < -0.39 is 5.41 Å². The number of ether oxygens (including phenoxy) is 1. The molecule has 16 heavy (non-hydrogen) atoms. The van der Waals surface area contributed by atoms with E-state index in [2.05, 4.69) is 0 Å². The number of carbonyl (C=O) groups excluding carboxylic acids is 1. The third kappa shape index (κ3) is 1.59. The molecule has 2 N–H and O–H groups in total. The largest absolute Gasteiger partial charge is 0.468 e. The third-order valence-electron chi connectivity index (χ3n) is 3.19. The smallest absolute Gasteiger partial charge is 0.316 e. The Morgan fingerprint density at radius 1 is 1.44 bits per heavy atom. The molecule has 2 rings (SSSR count). The molecule has 1 aliphatic rings. The lowest BCUT2D eigenvalue weighted by Gasteiger charge is -2.43. The number of esters is 1. The Morgan fingerprint density at radius 2 is 2.00 bits per heavy atom. The number of hydrogen-bond donors (Lipinski definition) is 1. The van der Waals surface area contributed by atoms with E-state index in [0.29, 0.717) is 12.8 Å². The quantitative estimate of drug-likeness (QED) is 0.770. The molecule has 0 amide bonds. The van der Waals surface area contributed by atoms with Crippen molar-refractivity contribution in [1.82, 2.24) is 0 Å². The van der Waals surface area contributed by atoms with Gasteiger partial charge in [-0.05, 0) is 30.5 Å². The first-order chi connectivity index (χ1) is 7.58. The fraction of sp³-hybridized carbons (Fsp3) is 0.417. The Balaban J connectivity index is 2.34. The van der Waals surface area contributed by atoms with Crippen molar-refractivity contribution < 1.29 is 13.9 Å². The highest BCUT2D eigenvalue weighted by Crippen LogP contribution is 2.43. The number of rotatable bonds is 2. The second-order valence-electron chi connectivity index (χ2n) is 4.25. The van der Waals surface area contributed by atoms with Gasteiger partial charge in [0.05, 0.1) is 12.5 Å². The molecule has 0 bridgehead atoms. The molecular formula is C12H14FNO2. The Labute approximate surface area is 93.4 Å². The minimum Gasteiger partial charge on any atom is -0.468 e. The SMILES string of the molecule is COC(=O)C1(c2ccc(F)cc2)CC(N)C1. The second-order valence-corrected chi connectivity index (χ2v) is 4.25. The Hall–Kier alpha value is -1.42. The van der Waals surface area contributed by atoms with E-state index in [9.17, 15) is 9.18 Å². The maximum atomic E-state index is 12.8. The molecule has 86 valence electrons. The van der Waals surface area contributed by atoms with Crippen LogP contribution in [-0.2, 0) is 14.9 Å². The first-order valence-corrected chi connectivity index (χ1v) is 5.18. The molecule has 1 fully saturated rings. The fourth-order valence-corrected chi connectivity index (χ4v) is 2.32. The fourth-order valence-electron chi connectivity index (χ4n) is 2.32. The average molecular weight is 223 g/mol. The van der Waals surface area contributed by atoms with Crippen molar-refractivity contribution in [2.75, 3.05) is 7.11 Å². The van der Waals surface area contributed by atoms with Crippen molar-refractivity contribution in [3.05, 3.63) is 35.6 Å². The molecule has 3 nitrogen and oxygen atoms in total. The van der Waals surface area contributed by atoms with Crippen molar-refractivity contribution in [2.45, 2.75) is 24.3 Å². The molecule has 0 radical (unpaired) electrons. The van der Waals surface area contributed by atoms with Gasteiger partial charge >= 0.3 is 5.97 Å². The van der Waals surface area contributed by atoms with Gasteiger partial charge in [0, 0.05) is 6.04 Å². The van der Waals surface area contributed by atoms with E-state index in [1.165, 1.54) is 19.2 Å². The number of carbonyl (C=O) groups is 1. The van der Waals surface area contributed by atoms with Crippen LogP contribution in [0.2, 0.25) is 0 Å². The summed E-state index contributed by atoms with van der Waals surface area (Å²) in [5.74, 6) is -0.604. The van der Waals surface area contributed by atoms with Gasteiger partial charge in [-0.1, -0.05) is 12.1 Å². The summed E-state index contributed by atoms with van der Waals surface area (Å²) in [6.07, 6.45) is 1.12. The molecule has 0 aromatic heterocycles. The highest BCUT2D eigenvalue weighted by atomic mass is 19.1. The van der Waals surface area contributed by atoms with Gasteiger partial charge in [0.1, 0.15) is 5.82 Å². The number of methoxy groups -OCH3 is 1. The van der Waals surface area contributed by atoms with E-state index in [1.807, 2.05) is 0 Å². The maximum absolute atomic E-state index is 12.8. The highest BCUT2D eigenvalue weighted by Gasteiger charge is 2.51. The summed E-state index contributed by atoms with van der Waals surface area (Å²) < 4.78 is 17.6. The number of hydrogen-bond acceptors (Lipinski definition) is 3. The normalized spacial score (nSPS) is 28.3. The van der Waals surface area contributed by atoms with Gasteiger partial charge in [-0.25, -0.2) is 4.39 Å². The van der Waals surface area contributed by atoms with Crippen LogP contribution in [0.4, 0.5) is 4.39 Å². The molecule has 1 saturated carbocycles. The average Bonchev–Trinajstić information content (AvgIpc) is 2.25. The van der Waals surface area contributed by atoms with Crippen molar-refractivity contribution in [1.29, 1.82) is 0 Å². The Bertz CT molecular complexity index is 396. The minimum absolute atomic E-state index is 0.0177. The van der Waals surface area contributed by atoms with Gasteiger partial charge < -0.3 is 10.5 Å². The van der Waals surface area contributed by atoms with Gasteiger partial charge in [-0.3, -0.25) is 4.79 Å². The van der Waals surface area contributed by atoms with E-state index >= 15 is 0 Å². The zero-order chi connectivity index (χ0) is 11.8.